The zero-order valence-corrected chi connectivity index (χ0v) is 26.2. The van der Waals surface area contributed by atoms with E-state index >= 15 is 0 Å². The summed E-state index contributed by atoms with van der Waals surface area (Å²) in [4.78, 5) is 28.9. The molecular formula is C31H37Cl2N3O4S. The van der Waals surface area contributed by atoms with Gasteiger partial charge in [-0.2, -0.15) is 0 Å². The molecule has 0 spiro atoms. The summed E-state index contributed by atoms with van der Waals surface area (Å²) in [5, 5.41) is 3.38. The predicted octanol–water partition coefficient (Wildman–Crippen LogP) is 6.53. The minimum atomic E-state index is -4.21. The van der Waals surface area contributed by atoms with E-state index in [1.165, 1.54) is 35.2 Å². The predicted molar refractivity (Wildman–Crippen MR) is 166 cm³/mol. The summed E-state index contributed by atoms with van der Waals surface area (Å²) in [5.41, 5.74) is 2.87. The van der Waals surface area contributed by atoms with Gasteiger partial charge in [0.1, 0.15) is 12.6 Å². The van der Waals surface area contributed by atoms with Crippen LogP contribution in [0.1, 0.15) is 49.8 Å². The smallest absolute Gasteiger partial charge is 0.264 e. The van der Waals surface area contributed by atoms with Crippen LogP contribution in [0.2, 0.25) is 10.0 Å². The van der Waals surface area contributed by atoms with Crippen molar-refractivity contribution < 1.29 is 18.0 Å². The van der Waals surface area contributed by atoms with Crippen molar-refractivity contribution in [3.63, 3.8) is 0 Å². The Morgan fingerprint density at radius 1 is 0.902 bits per heavy atom. The van der Waals surface area contributed by atoms with E-state index in [9.17, 15) is 18.0 Å². The molecule has 2 amide bonds. The summed E-state index contributed by atoms with van der Waals surface area (Å²) in [6.07, 6.45) is 2.08. The van der Waals surface area contributed by atoms with Gasteiger partial charge in [0, 0.05) is 23.1 Å². The highest BCUT2D eigenvalue weighted by atomic mass is 35.5. The van der Waals surface area contributed by atoms with Crippen LogP contribution in [-0.2, 0) is 26.2 Å². The number of unbranched alkanes of at least 4 members (excludes halogenated alkanes) is 1. The molecule has 0 saturated heterocycles. The highest BCUT2D eigenvalue weighted by molar-refractivity contribution is 7.92. The number of nitrogens with one attached hydrogen (secondary N) is 1. The van der Waals surface area contributed by atoms with Crippen molar-refractivity contribution in [1.82, 2.24) is 10.2 Å². The first-order valence-electron chi connectivity index (χ1n) is 13.6. The average Bonchev–Trinajstić information content (AvgIpc) is 2.91. The highest BCUT2D eigenvalue weighted by Gasteiger charge is 2.34. The first kappa shape index (κ1) is 32.4. The second-order valence-electron chi connectivity index (χ2n) is 10.0. The fourth-order valence-electron chi connectivity index (χ4n) is 4.48. The largest absolute Gasteiger partial charge is 0.354 e. The van der Waals surface area contributed by atoms with E-state index in [4.69, 9.17) is 23.2 Å². The van der Waals surface area contributed by atoms with Crippen molar-refractivity contribution in [3.05, 3.63) is 93.5 Å². The standard InChI is InChI=1S/C31H37Cl2N3O4S/c1-5-7-15-34-31(38)29(6-2)35(20-24-10-8-9-23(4)16-24)30(37)21-36(27-18-25(32)17-26(33)19-27)41(39,40)28-13-11-22(3)12-14-28/h8-14,16-19,29H,5-7,15,20-21H2,1-4H3,(H,34,38)/t29-/m1/s1. The number of amides is 2. The van der Waals surface area contributed by atoms with Gasteiger partial charge < -0.3 is 10.2 Å². The number of halogens is 2. The molecule has 0 unspecified atom stereocenters. The topological polar surface area (TPSA) is 86.8 Å². The van der Waals surface area contributed by atoms with Crippen LogP contribution in [0.4, 0.5) is 5.69 Å². The molecule has 7 nitrogen and oxygen atoms in total. The van der Waals surface area contributed by atoms with Gasteiger partial charge in [0.05, 0.1) is 10.6 Å². The number of hydrogen-bond donors (Lipinski definition) is 1. The molecule has 0 aromatic heterocycles. The van der Waals surface area contributed by atoms with Crippen molar-refractivity contribution in [3.8, 4) is 0 Å². The molecule has 0 radical (unpaired) electrons. The molecule has 220 valence electrons. The van der Waals surface area contributed by atoms with Crippen molar-refractivity contribution in [1.29, 1.82) is 0 Å². The van der Waals surface area contributed by atoms with Gasteiger partial charge in [0.2, 0.25) is 11.8 Å². The van der Waals surface area contributed by atoms with E-state index in [-0.39, 0.29) is 33.1 Å². The maximum atomic E-state index is 14.1. The van der Waals surface area contributed by atoms with Crippen molar-refractivity contribution in [2.75, 3.05) is 17.4 Å². The third-order valence-electron chi connectivity index (χ3n) is 6.67. The lowest BCUT2D eigenvalue weighted by molar-refractivity contribution is -0.140. The third kappa shape index (κ3) is 8.71. The van der Waals surface area contributed by atoms with Crippen LogP contribution >= 0.6 is 23.2 Å². The lowest BCUT2D eigenvalue weighted by Gasteiger charge is -2.33. The van der Waals surface area contributed by atoms with Gasteiger partial charge in [0.15, 0.2) is 0 Å². The van der Waals surface area contributed by atoms with Crippen LogP contribution in [0.3, 0.4) is 0 Å². The summed E-state index contributed by atoms with van der Waals surface area (Å²) in [5.74, 6) is -0.809. The van der Waals surface area contributed by atoms with E-state index in [1.54, 1.807) is 12.1 Å². The van der Waals surface area contributed by atoms with Crippen LogP contribution < -0.4 is 9.62 Å². The van der Waals surface area contributed by atoms with Gasteiger partial charge in [-0.3, -0.25) is 13.9 Å². The SMILES string of the molecule is CCCCNC(=O)[C@@H](CC)N(Cc1cccc(C)c1)C(=O)CN(c1cc(Cl)cc(Cl)c1)S(=O)(=O)c1ccc(C)cc1. The molecule has 3 aromatic carbocycles. The third-order valence-corrected chi connectivity index (χ3v) is 8.90. The molecular weight excluding hydrogens is 581 g/mol. The summed E-state index contributed by atoms with van der Waals surface area (Å²) in [6.45, 7) is 7.73. The molecule has 0 saturated carbocycles. The van der Waals surface area contributed by atoms with Gasteiger partial charge >= 0.3 is 0 Å². The quantitative estimate of drug-likeness (QED) is 0.221. The Labute approximate surface area is 253 Å². The lowest BCUT2D eigenvalue weighted by Crippen LogP contribution is -2.52. The van der Waals surface area contributed by atoms with E-state index in [0.717, 1.165) is 33.8 Å². The molecule has 3 aromatic rings. The zero-order chi connectivity index (χ0) is 30.2. The Morgan fingerprint density at radius 2 is 1.56 bits per heavy atom. The molecule has 0 aliphatic heterocycles. The Kier molecular flexibility index (Phi) is 11.6. The molecule has 0 fully saturated rings. The number of aryl methyl sites for hydroxylation is 2. The van der Waals surface area contributed by atoms with E-state index in [2.05, 4.69) is 5.32 Å². The van der Waals surface area contributed by atoms with Gasteiger partial charge in [-0.25, -0.2) is 8.42 Å². The molecule has 0 bridgehead atoms. The number of carbonyl (C=O) groups is 2. The summed E-state index contributed by atoms with van der Waals surface area (Å²) in [7, 11) is -4.21. The number of carbonyl (C=O) groups excluding carboxylic acids is 2. The Morgan fingerprint density at radius 3 is 2.15 bits per heavy atom. The summed E-state index contributed by atoms with van der Waals surface area (Å²) < 4.78 is 28.9. The molecule has 41 heavy (non-hydrogen) atoms. The first-order valence-corrected chi connectivity index (χ1v) is 15.8. The lowest BCUT2D eigenvalue weighted by atomic mass is 10.1. The molecule has 0 aliphatic rings. The van der Waals surface area contributed by atoms with Crippen molar-refractivity contribution in [2.45, 2.75) is 64.4 Å². The first-order chi connectivity index (χ1) is 19.5. The average molecular weight is 619 g/mol. The van der Waals surface area contributed by atoms with E-state index in [0.29, 0.717) is 13.0 Å². The van der Waals surface area contributed by atoms with Gasteiger partial charge in [-0.15, -0.1) is 0 Å². The number of sulfonamides is 1. The Bertz CT molecular complexity index is 1440. The zero-order valence-electron chi connectivity index (χ0n) is 23.9. The molecule has 0 aliphatic carbocycles. The molecule has 1 N–H and O–H groups in total. The number of nitrogens with zero attached hydrogens (tertiary/aromatic N) is 2. The Balaban J connectivity index is 2.07. The van der Waals surface area contributed by atoms with E-state index in [1.807, 2.05) is 52.0 Å². The van der Waals surface area contributed by atoms with Gasteiger partial charge in [0.25, 0.3) is 10.0 Å². The number of anilines is 1. The Hall–Kier alpha value is -3.07. The van der Waals surface area contributed by atoms with Crippen LogP contribution in [0.25, 0.3) is 0 Å². The second kappa shape index (κ2) is 14.7. The van der Waals surface area contributed by atoms with Crippen LogP contribution in [0.5, 0.6) is 0 Å². The van der Waals surface area contributed by atoms with Crippen molar-refractivity contribution >= 4 is 50.7 Å². The molecule has 1 atom stereocenters. The number of benzene rings is 3. The maximum absolute atomic E-state index is 14.1. The van der Waals surface area contributed by atoms with Gasteiger partial charge in [-0.05, 0) is 62.6 Å². The highest BCUT2D eigenvalue weighted by Crippen LogP contribution is 2.30. The fraction of sp³-hybridized carbons (Fsp3) is 0.355. The van der Waals surface area contributed by atoms with Crippen LogP contribution in [0.15, 0.2) is 71.6 Å². The summed E-state index contributed by atoms with van der Waals surface area (Å²) >= 11 is 12.5. The van der Waals surface area contributed by atoms with E-state index < -0.39 is 28.5 Å². The van der Waals surface area contributed by atoms with Crippen molar-refractivity contribution in [2.24, 2.45) is 0 Å². The molecule has 0 heterocycles. The minimum absolute atomic E-state index is 0.0154. The molecule has 10 heteroatoms. The summed E-state index contributed by atoms with van der Waals surface area (Å²) in [6, 6.07) is 17.6. The second-order valence-corrected chi connectivity index (χ2v) is 12.8. The minimum Gasteiger partial charge on any atom is -0.354 e. The number of rotatable bonds is 13. The molecule has 3 rings (SSSR count). The van der Waals surface area contributed by atoms with Gasteiger partial charge in [-0.1, -0.05) is 91.0 Å². The normalized spacial score (nSPS) is 12.0. The maximum Gasteiger partial charge on any atom is 0.264 e. The monoisotopic (exact) mass is 617 g/mol. The number of hydrogen-bond acceptors (Lipinski definition) is 4. The fourth-order valence-corrected chi connectivity index (χ4v) is 6.39. The van der Waals surface area contributed by atoms with Crippen LogP contribution in [-0.4, -0.2) is 44.3 Å². The van der Waals surface area contributed by atoms with Crippen LogP contribution in [0, 0.1) is 13.8 Å².